The van der Waals surface area contributed by atoms with Crippen molar-refractivity contribution >= 4 is 11.6 Å². The lowest BCUT2D eigenvalue weighted by Crippen LogP contribution is -2.20. The zero-order valence-corrected chi connectivity index (χ0v) is 9.42. The van der Waals surface area contributed by atoms with Crippen molar-refractivity contribution < 1.29 is 4.79 Å². The highest BCUT2D eigenvalue weighted by molar-refractivity contribution is 5.77. The lowest BCUT2D eigenvalue weighted by molar-refractivity contribution is -0.117. The van der Waals surface area contributed by atoms with Crippen LogP contribution in [0.4, 0.5) is 5.69 Å². The molecular weight excluding hydrogens is 204 g/mol. The molecule has 0 spiro atoms. The van der Waals surface area contributed by atoms with Crippen LogP contribution < -0.4 is 4.90 Å². The maximum atomic E-state index is 11.0. The third kappa shape index (κ3) is 3.63. The molecule has 1 aromatic carbocycles. The molecule has 0 radical (unpaired) electrons. The van der Waals surface area contributed by atoms with Crippen LogP contribution in [0.5, 0.6) is 0 Å². The number of amides is 1. The van der Waals surface area contributed by atoms with Gasteiger partial charge in [0.05, 0.1) is 0 Å². The molecule has 1 rings (SSSR count). The Kier molecular flexibility index (Phi) is 4.36. The van der Waals surface area contributed by atoms with E-state index in [1.165, 1.54) is 5.56 Å². The maximum Gasteiger partial charge on any atom is 0.220 e. The summed E-state index contributed by atoms with van der Waals surface area (Å²) in [5, 5.41) is 3.02. The molecule has 0 saturated carbocycles. The molecule has 0 aliphatic rings. The molecule has 0 aliphatic carbocycles. The first kappa shape index (κ1) is 12.1. The molecule has 1 aromatic rings. The number of carbonyl (C=O) groups is 1. The summed E-state index contributed by atoms with van der Waals surface area (Å²) < 4.78 is 0. The van der Waals surface area contributed by atoms with Gasteiger partial charge in [-0.1, -0.05) is 17.7 Å². The maximum absolute atomic E-state index is 11.0. The number of hydrogen-bond donors (Lipinski definition) is 0. The second-order valence-corrected chi connectivity index (χ2v) is 3.59. The number of rotatable bonds is 4. The summed E-state index contributed by atoms with van der Waals surface area (Å²) in [7, 11) is 1.90. The van der Waals surface area contributed by atoms with E-state index in [0.29, 0.717) is 6.54 Å². The van der Waals surface area contributed by atoms with Crippen LogP contribution in [0.2, 0.25) is 0 Å². The lowest BCUT2D eigenvalue weighted by atomic mass is 10.2. The van der Waals surface area contributed by atoms with E-state index < -0.39 is 5.91 Å². The van der Waals surface area contributed by atoms with Gasteiger partial charge in [-0.25, -0.2) is 0 Å². The minimum absolute atomic E-state index is 0.231. The SMILES string of the molecule is Cc1ccc(N(C)CCC(=O)N=[N+]=[N-])cc1. The monoisotopic (exact) mass is 218 g/mol. The van der Waals surface area contributed by atoms with Gasteiger partial charge in [-0.2, -0.15) is 0 Å². The van der Waals surface area contributed by atoms with E-state index in [1.54, 1.807) is 0 Å². The van der Waals surface area contributed by atoms with Gasteiger partial charge in [0.15, 0.2) is 0 Å². The number of aryl methyl sites for hydroxylation is 1. The van der Waals surface area contributed by atoms with Crippen LogP contribution >= 0.6 is 0 Å². The highest BCUT2D eigenvalue weighted by Crippen LogP contribution is 2.13. The largest absolute Gasteiger partial charge is 0.374 e. The van der Waals surface area contributed by atoms with E-state index in [1.807, 2.05) is 43.1 Å². The van der Waals surface area contributed by atoms with E-state index in [-0.39, 0.29) is 6.42 Å². The summed E-state index contributed by atoms with van der Waals surface area (Å²) in [5.74, 6) is -0.429. The van der Waals surface area contributed by atoms with Gasteiger partial charge < -0.3 is 4.90 Å². The van der Waals surface area contributed by atoms with Crippen molar-refractivity contribution in [2.75, 3.05) is 18.5 Å². The van der Waals surface area contributed by atoms with Gasteiger partial charge in [-0.05, 0) is 29.7 Å². The molecule has 0 aliphatic heterocycles. The van der Waals surface area contributed by atoms with Crippen molar-refractivity contribution in [1.29, 1.82) is 0 Å². The molecule has 0 saturated heterocycles. The van der Waals surface area contributed by atoms with Crippen molar-refractivity contribution in [3.63, 3.8) is 0 Å². The van der Waals surface area contributed by atoms with E-state index in [2.05, 4.69) is 10.0 Å². The Morgan fingerprint density at radius 2 is 2.06 bits per heavy atom. The van der Waals surface area contributed by atoms with Crippen molar-refractivity contribution in [3.8, 4) is 0 Å². The summed E-state index contributed by atoms with van der Waals surface area (Å²) in [4.78, 5) is 15.4. The first-order chi connectivity index (χ1) is 7.63. The smallest absolute Gasteiger partial charge is 0.220 e. The molecule has 0 aromatic heterocycles. The highest BCUT2D eigenvalue weighted by Gasteiger charge is 2.03. The van der Waals surface area contributed by atoms with Crippen molar-refractivity contribution in [2.24, 2.45) is 5.11 Å². The van der Waals surface area contributed by atoms with E-state index in [0.717, 1.165) is 5.69 Å². The van der Waals surface area contributed by atoms with Crippen LogP contribution in [0.3, 0.4) is 0 Å². The number of azide groups is 1. The first-order valence-corrected chi connectivity index (χ1v) is 4.99. The van der Waals surface area contributed by atoms with Crippen LogP contribution in [0.15, 0.2) is 29.4 Å². The Morgan fingerprint density at radius 1 is 1.44 bits per heavy atom. The van der Waals surface area contributed by atoms with Gasteiger partial charge in [0.25, 0.3) is 0 Å². The van der Waals surface area contributed by atoms with Crippen molar-refractivity contribution in [3.05, 3.63) is 40.3 Å². The van der Waals surface area contributed by atoms with Gasteiger partial charge >= 0.3 is 0 Å². The standard InChI is InChI=1S/C11H14N4O/c1-9-3-5-10(6-4-9)15(2)8-7-11(16)13-14-12/h3-6H,7-8H2,1-2H3. The molecular formula is C11H14N4O. The molecule has 0 fully saturated rings. The van der Waals surface area contributed by atoms with Gasteiger partial charge in [0, 0.05) is 30.6 Å². The number of anilines is 1. The zero-order valence-electron chi connectivity index (χ0n) is 9.42. The minimum Gasteiger partial charge on any atom is -0.374 e. The summed E-state index contributed by atoms with van der Waals surface area (Å²) in [6, 6.07) is 8.02. The van der Waals surface area contributed by atoms with Crippen LogP contribution in [-0.2, 0) is 4.79 Å². The third-order valence-electron chi connectivity index (χ3n) is 2.29. The van der Waals surface area contributed by atoms with Crippen molar-refractivity contribution in [1.82, 2.24) is 0 Å². The molecule has 0 unspecified atom stereocenters. The Balaban J connectivity index is 2.52. The molecule has 1 amide bonds. The Bertz CT molecular complexity index is 406. The van der Waals surface area contributed by atoms with E-state index in [9.17, 15) is 4.79 Å². The molecule has 84 valence electrons. The number of benzene rings is 1. The van der Waals surface area contributed by atoms with Crippen LogP contribution in [0.1, 0.15) is 12.0 Å². The summed E-state index contributed by atoms with van der Waals surface area (Å²) >= 11 is 0. The Hall–Kier alpha value is -2.00. The summed E-state index contributed by atoms with van der Waals surface area (Å²) in [5.41, 5.74) is 10.3. The van der Waals surface area contributed by atoms with Gasteiger partial charge in [-0.15, -0.1) is 0 Å². The topological polar surface area (TPSA) is 69.1 Å². The third-order valence-corrected chi connectivity index (χ3v) is 2.29. The van der Waals surface area contributed by atoms with Crippen LogP contribution in [-0.4, -0.2) is 19.5 Å². The molecule has 0 heterocycles. The summed E-state index contributed by atoms with van der Waals surface area (Å²) in [6.07, 6.45) is 0.231. The van der Waals surface area contributed by atoms with Crippen LogP contribution in [0.25, 0.3) is 10.4 Å². The molecule has 5 heteroatoms. The number of nitrogens with zero attached hydrogens (tertiary/aromatic N) is 4. The second-order valence-electron chi connectivity index (χ2n) is 3.59. The number of hydrogen-bond acceptors (Lipinski definition) is 2. The molecule has 5 nitrogen and oxygen atoms in total. The van der Waals surface area contributed by atoms with Gasteiger partial charge in [0.2, 0.25) is 5.91 Å². The number of carbonyl (C=O) groups excluding carboxylic acids is 1. The molecule has 0 N–H and O–H groups in total. The van der Waals surface area contributed by atoms with Crippen molar-refractivity contribution in [2.45, 2.75) is 13.3 Å². The Labute approximate surface area is 94.3 Å². The fourth-order valence-corrected chi connectivity index (χ4v) is 1.29. The zero-order chi connectivity index (χ0) is 12.0. The minimum atomic E-state index is -0.429. The first-order valence-electron chi connectivity index (χ1n) is 4.99. The van der Waals surface area contributed by atoms with Gasteiger partial charge in [-0.3, -0.25) is 4.79 Å². The van der Waals surface area contributed by atoms with E-state index in [4.69, 9.17) is 5.53 Å². The average molecular weight is 218 g/mol. The summed E-state index contributed by atoms with van der Waals surface area (Å²) in [6.45, 7) is 2.57. The van der Waals surface area contributed by atoms with Gasteiger partial charge in [0.1, 0.15) is 0 Å². The van der Waals surface area contributed by atoms with Crippen LogP contribution in [0, 0.1) is 6.92 Å². The molecule has 0 bridgehead atoms. The Morgan fingerprint density at radius 3 is 2.62 bits per heavy atom. The normalized spacial score (nSPS) is 9.38. The molecule has 0 atom stereocenters. The van der Waals surface area contributed by atoms with E-state index >= 15 is 0 Å². The lowest BCUT2D eigenvalue weighted by Gasteiger charge is -2.18. The predicted octanol–water partition coefficient (Wildman–Crippen LogP) is 2.66. The highest BCUT2D eigenvalue weighted by atomic mass is 16.1. The molecule has 16 heavy (non-hydrogen) atoms. The fraction of sp³-hybridized carbons (Fsp3) is 0.364. The second kappa shape index (κ2) is 5.78. The quantitative estimate of drug-likeness (QED) is 0.443. The predicted molar refractivity (Wildman–Crippen MR) is 63.2 cm³/mol. The fourth-order valence-electron chi connectivity index (χ4n) is 1.29. The average Bonchev–Trinajstić information content (AvgIpc) is 2.27.